The summed E-state index contributed by atoms with van der Waals surface area (Å²) in [6, 6.07) is 6.51. The molecular weight excluding hydrogens is 179 g/mol. The van der Waals surface area contributed by atoms with Gasteiger partial charge in [-0.15, -0.1) is 0 Å². The van der Waals surface area contributed by atoms with Crippen LogP contribution in [0.25, 0.3) is 0 Å². The van der Waals surface area contributed by atoms with Gasteiger partial charge in [0.05, 0.1) is 13.2 Å². The van der Waals surface area contributed by atoms with E-state index in [-0.39, 0.29) is 11.2 Å². The van der Waals surface area contributed by atoms with Crippen molar-refractivity contribution >= 4 is 0 Å². The molecule has 0 radical (unpaired) electrons. The molecule has 0 saturated carbocycles. The van der Waals surface area contributed by atoms with E-state index in [0.29, 0.717) is 13.2 Å². The highest BCUT2D eigenvalue weighted by atomic mass is 19.1. The Labute approximate surface area is 84.9 Å². The number of rotatable bonds is 3. The Hall–Kier alpha value is -0.890. The average Bonchev–Trinajstić information content (AvgIpc) is 2.01. The number of ether oxygens (including phenoxy) is 1. The molecule has 2 heteroatoms. The van der Waals surface area contributed by atoms with Gasteiger partial charge in [0.2, 0.25) is 0 Å². The molecule has 0 spiro atoms. The second kappa shape index (κ2) is 4.56. The van der Waals surface area contributed by atoms with Crippen LogP contribution in [0, 0.1) is 11.2 Å². The summed E-state index contributed by atoms with van der Waals surface area (Å²) in [7, 11) is 0. The van der Waals surface area contributed by atoms with Gasteiger partial charge in [0.1, 0.15) is 5.82 Å². The lowest BCUT2D eigenvalue weighted by Gasteiger charge is -2.17. The van der Waals surface area contributed by atoms with E-state index >= 15 is 0 Å². The topological polar surface area (TPSA) is 9.23 Å². The van der Waals surface area contributed by atoms with Gasteiger partial charge < -0.3 is 4.74 Å². The molecule has 0 fully saturated rings. The first-order valence-electron chi connectivity index (χ1n) is 4.79. The summed E-state index contributed by atoms with van der Waals surface area (Å²) in [5.74, 6) is -0.207. The second-order valence-electron chi connectivity index (χ2n) is 4.68. The summed E-state index contributed by atoms with van der Waals surface area (Å²) < 4.78 is 18.2. The largest absolute Gasteiger partial charge is 0.376 e. The highest BCUT2D eigenvalue weighted by Crippen LogP contribution is 2.14. The average molecular weight is 196 g/mol. The fraction of sp³-hybridized carbons (Fsp3) is 0.500. The van der Waals surface area contributed by atoms with Crippen molar-refractivity contribution in [1.82, 2.24) is 0 Å². The molecule has 0 aromatic heterocycles. The van der Waals surface area contributed by atoms with Crippen LogP contribution in [0.5, 0.6) is 0 Å². The molecule has 14 heavy (non-hydrogen) atoms. The monoisotopic (exact) mass is 196 g/mol. The van der Waals surface area contributed by atoms with Crippen LogP contribution in [0.3, 0.4) is 0 Å². The number of hydrogen-bond acceptors (Lipinski definition) is 1. The predicted octanol–water partition coefficient (Wildman–Crippen LogP) is 3.39. The van der Waals surface area contributed by atoms with Crippen molar-refractivity contribution in [3.05, 3.63) is 35.6 Å². The first-order valence-corrected chi connectivity index (χ1v) is 4.79. The Balaban J connectivity index is 2.39. The number of benzene rings is 1. The second-order valence-corrected chi connectivity index (χ2v) is 4.68. The van der Waals surface area contributed by atoms with Gasteiger partial charge in [-0.1, -0.05) is 32.9 Å². The van der Waals surface area contributed by atoms with Gasteiger partial charge in [0, 0.05) is 0 Å². The van der Waals surface area contributed by atoms with Crippen molar-refractivity contribution < 1.29 is 9.13 Å². The highest BCUT2D eigenvalue weighted by Gasteiger charge is 2.09. The molecule has 0 N–H and O–H groups in total. The van der Waals surface area contributed by atoms with Crippen LogP contribution in [0.1, 0.15) is 26.3 Å². The molecule has 1 nitrogen and oxygen atoms in total. The van der Waals surface area contributed by atoms with E-state index in [1.165, 1.54) is 12.1 Å². The minimum atomic E-state index is -0.207. The Bertz CT molecular complexity index is 289. The maximum absolute atomic E-state index is 12.8. The van der Waals surface area contributed by atoms with Crippen LogP contribution in [-0.4, -0.2) is 6.61 Å². The maximum Gasteiger partial charge on any atom is 0.123 e. The van der Waals surface area contributed by atoms with Crippen molar-refractivity contribution in [2.45, 2.75) is 27.4 Å². The summed E-state index contributed by atoms with van der Waals surface area (Å²) in [4.78, 5) is 0. The zero-order valence-corrected chi connectivity index (χ0v) is 9.01. The lowest BCUT2D eigenvalue weighted by molar-refractivity contribution is 0.0598. The van der Waals surface area contributed by atoms with Gasteiger partial charge in [-0.3, -0.25) is 0 Å². The summed E-state index contributed by atoms with van der Waals surface area (Å²) in [6.07, 6.45) is 0. The van der Waals surface area contributed by atoms with Crippen LogP contribution in [-0.2, 0) is 11.3 Å². The lowest BCUT2D eigenvalue weighted by Crippen LogP contribution is -2.14. The number of hydrogen-bond donors (Lipinski definition) is 0. The van der Waals surface area contributed by atoms with Crippen molar-refractivity contribution in [3.63, 3.8) is 0 Å². The molecule has 0 saturated heterocycles. The Morgan fingerprint density at radius 2 is 2.00 bits per heavy atom. The Morgan fingerprint density at radius 1 is 1.29 bits per heavy atom. The van der Waals surface area contributed by atoms with Crippen molar-refractivity contribution in [2.75, 3.05) is 6.61 Å². The first-order chi connectivity index (χ1) is 6.47. The normalized spacial score (nSPS) is 11.7. The van der Waals surface area contributed by atoms with Crippen molar-refractivity contribution in [1.29, 1.82) is 0 Å². The van der Waals surface area contributed by atoms with Crippen LogP contribution in [0.4, 0.5) is 4.39 Å². The smallest absolute Gasteiger partial charge is 0.123 e. The molecule has 0 heterocycles. The third kappa shape index (κ3) is 4.38. The van der Waals surface area contributed by atoms with Gasteiger partial charge >= 0.3 is 0 Å². The molecular formula is C12H17FO. The van der Waals surface area contributed by atoms with E-state index in [2.05, 4.69) is 20.8 Å². The fourth-order valence-electron chi connectivity index (χ4n) is 1.10. The van der Waals surface area contributed by atoms with E-state index in [1.807, 2.05) is 6.07 Å². The zero-order valence-electron chi connectivity index (χ0n) is 9.01. The van der Waals surface area contributed by atoms with Gasteiger partial charge in [-0.2, -0.15) is 0 Å². The Kier molecular flexibility index (Phi) is 3.64. The molecule has 0 aliphatic rings. The van der Waals surface area contributed by atoms with E-state index < -0.39 is 0 Å². The standard InChI is InChI=1S/C12H17FO/c1-12(2,3)9-14-8-10-5-4-6-11(13)7-10/h4-7H,8-9H2,1-3H3. The molecule has 0 aliphatic carbocycles. The van der Waals surface area contributed by atoms with Crippen LogP contribution < -0.4 is 0 Å². The quantitative estimate of drug-likeness (QED) is 0.720. The van der Waals surface area contributed by atoms with E-state index in [1.54, 1.807) is 6.07 Å². The van der Waals surface area contributed by atoms with Crippen LogP contribution in [0.15, 0.2) is 24.3 Å². The minimum Gasteiger partial charge on any atom is -0.376 e. The molecule has 0 bridgehead atoms. The Morgan fingerprint density at radius 3 is 2.57 bits per heavy atom. The van der Waals surface area contributed by atoms with Crippen LogP contribution in [0.2, 0.25) is 0 Å². The molecule has 78 valence electrons. The maximum atomic E-state index is 12.8. The summed E-state index contributed by atoms with van der Waals surface area (Å²) in [5, 5.41) is 0. The van der Waals surface area contributed by atoms with Crippen LogP contribution >= 0.6 is 0 Å². The summed E-state index contributed by atoms with van der Waals surface area (Å²) in [5.41, 5.74) is 1.04. The molecule has 0 aliphatic heterocycles. The highest BCUT2D eigenvalue weighted by molar-refractivity contribution is 5.15. The molecule has 1 aromatic rings. The fourth-order valence-corrected chi connectivity index (χ4v) is 1.10. The molecule has 0 atom stereocenters. The molecule has 0 amide bonds. The van der Waals surface area contributed by atoms with Gasteiger partial charge in [0.15, 0.2) is 0 Å². The molecule has 1 rings (SSSR count). The third-order valence-electron chi connectivity index (χ3n) is 1.69. The minimum absolute atomic E-state index is 0.160. The van der Waals surface area contributed by atoms with E-state index in [9.17, 15) is 4.39 Å². The van der Waals surface area contributed by atoms with Gasteiger partial charge in [-0.05, 0) is 23.1 Å². The SMILES string of the molecule is CC(C)(C)COCc1cccc(F)c1. The third-order valence-corrected chi connectivity index (χ3v) is 1.69. The molecule has 1 aromatic carbocycles. The summed E-state index contributed by atoms with van der Waals surface area (Å²) in [6.45, 7) is 7.49. The van der Waals surface area contributed by atoms with Gasteiger partial charge in [-0.25, -0.2) is 4.39 Å². The van der Waals surface area contributed by atoms with Crippen molar-refractivity contribution in [3.8, 4) is 0 Å². The van der Waals surface area contributed by atoms with E-state index in [0.717, 1.165) is 5.56 Å². The van der Waals surface area contributed by atoms with E-state index in [4.69, 9.17) is 4.74 Å². The van der Waals surface area contributed by atoms with Gasteiger partial charge in [0.25, 0.3) is 0 Å². The predicted molar refractivity (Wildman–Crippen MR) is 55.5 cm³/mol. The summed E-state index contributed by atoms with van der Waals surface area (Å²) >= 11 is 0. The van der Waals surface area contributed by atoms with Crippen molar-refractivity contribution in [2.24, 2.45) is 5.41 Å². The first kappa shape index (κ1) is 11.2. The zero-order chi connectivity index (χ0) is 10.6. The number of halogens is 1. The lowest BCUT2D eigenvalue weighted by atomic mass is 9.99. The molecule has 0 unspecified atom stereocenters.